The van der Waals surface area contributed by atoms with E-state index in [1.807, 2.05) is 41.0 Å². The van der Waals surface area contributed by atoms with Crippen LogP contribution >= 0.6 is 15.9 Å². The van der Waals surface area contributed by atoms with Gasteiger partial charge in [-0.05, 0) is 33.6 Å². The third kappa shape index (κ3) is 4.41. The maximum atomic E-state index is 11.3. The molecule has 1 aromatic carbocycles. The summed E-state index contributed by atoms with van der Waals surface area (Å²) in [5, 5.41) is 0. The summed E-state index contributed by atoms with van der Waals surface area (Å²) in [6.45, 7) is 8.12. The van der Waals surface area contributed by atoms with Crippen LogP contribution in [0.25, 0.3) is 11.3 Å². The molecule has 1 aromatic heterocycles. The second-order valence-electron chi connectivity index (χ2n) is 6.53. The Bertz CT molecular complexity index is 632. The zero-order chi connectivity index (χ0) is 16.2. The van der Waals surface area contributed by atoms with E-state index < -0.39 is 8.07 Å². The number of halogens is 1. The highest BCUT2D eigenvalue weighted by molar-refractivity contribution is 9.10. The predicted octanol–water partition coefficient (Wildman–Crippen LogP) is 5.04. The van der Waals surface area contributed by atoms with E-state index in [0.717, 1.165) is 34.7 Å². The summed E-state index contributed by atoms with van der Waals surface area (Å²) >= 11 is 3.56. The molecule has 118 valence electrons. The molecule has 0 N–H and O–H groups in total. The van der Waals surface area contributed by atoms with E-state index in [2.05, 4.69) is 35.6 Å². The standard InChI is InChI=1S/C17H22BrNO2Si/c1-22(2,3)10-9-21-13-19-15(12-20)11-16(18)17(19)14-7-5-4-6-8-14/h4-8,11-12H,9-10,13H2,1-3H3. The van der Waals surface area contributed by atoms with Gasteiger partial charge in [-0.15, -0.1) is 0 Å². The lowest BCUT2D eigenvalue weighted by Gasteiger charge is -2.17. The molecule has 0 spiro atoms. The molecule has 0 bridgehead atoms. The lowest BCUT2D eigenvalue weighted by Crippen LogP contribution is -2.22. The Morgan fingerprint density at radius 3 is 2.50 bits per heavy atom. The number of aromatic nitrogens is 1. The van der Waals surface area contributed by atoms with Gasteiger partial charge in [0.15, 0.2) is 6.29 Å². The van der Waals surface area contributed by atoms with Gasteiger partial charge in [-0.1, -0.05) is 50.0 Å². The van der Waals surface area contributed by atoms with Crippen molar-refractivity contribution >= 4 is 30.3 Å². The highest BCUT2D eigenvalue weighted by Gasteiger charge is 2.16. The van der Waals surface area contributed by atoms with Gasteiger partial charge < -0.3 is 9.30 Å². The maximum absolute atomic E-state index is 11.3. The first-order valence-corrected chi connectivity index (χ1v) is 11.9. The van der Waals surface area contributed by atoms with E-state index in [-0.39, 0.29) is 0 Å². The van der Waals surface area contributed by atoms with Crippen molar-refractivity contribution in [3.8, 4) is 11.3 Å². The Hall–Kier alpha value is -1.17. The zero-order valence-corrected chi connectivity index (χ0v) is 15.9. The highest BCUT2D eigenvalue weighted by Crippen LogP contribution is 2.31. The van der Waals surface area contributed by atoms with Crippen molar-refractivity contribution in [3.63, 3.8) is 0 Å². The second kappa shape index (κ2) is 7.40. The predicted molar refractivity (Wildman–Crippen MR) is 97.1 cm³/mol. The van der Waals surface area contributed by atoms with Gasteiger partial charge in [0.2, 0.25) is 0 Å². The summed E-state index contributed by atoms with van der Waals surface area (Å²) in [4.78, 5) is 11.3. The number of benzene rings is 1. The zero-order valence-electron chi connectivity index (χ0n) is 13.3. The molecule has 5 heteroatoms. The number of aldehydes is 1. The maximum Gasteiger partial charge on any atom is 0.166 e. The van der Waals surface area contributed by atoms with Gasteiger partial charge in [-0.25, -0.2) is 0 Å². The molecule has 0 aliphatic heterocycles. The lowest BCUT2D eigenvalue weighted by molar-refractivity contribution is 0.0847. The van der Waals surface area contributed by atoms with Crippen LogP contribution in [0.1, 0.15) is 10.5 Å². The van der Waals surface area contributed by atoms with Gasteiger partial charge in [0.25, 0.3) is 0 Å². The number of nitrogens with zero attached hydrogens (tertiary/aromatic N) is 1. The quantitative estimate of drug-likeness (QED) is 0.383. The number of hydrogen-bond acceptors (Lipinski definition) is 2. The van der Waals surface area contributed by atoms with Crippen LogP contribution in [0.3, 0.4) is 0 Å². The van der Waals surface area contributed by atoms with E-state index in [4.69, 9.17) is 4.74 Å². The molecule has 0 amide bonds. The van der Waals surface area contributed by atoms with Crippen molar-refractivity contribution in [2.24, 2.45) is 0 Å². The second-order valence-corrected chi connectivity index (χ2v) is 13.0. The highest BCUT2D eigenvalue weighted by atomic mass is 79.9. The van der Waals surface area contributed by atoms with Crippen LogP contribution in [0.15, 0.2) is 40.9 Å². The molecule has 22 heavy (non-hydrogen) atoms. The monoisotopic (exact) mass is 379 g/mol. The van der Waals surface area contributed by atoms with Crippen molar-refractivity contribution in [3.05, 3.63) is 46.6 Å². The van der Waals surface area contributed by atoms with Crippen molar-refractivity contribution in [1.29, 1.82) is 0 Å². The molecule has 3 nitrogen and oxygen atoms in total. The van der Waals surface area contributed by atoms with Crippen LogP contribution in [0.2, 0.25) is 25.7 Å². The van der Waals surface area contributed by atoms with Gasteiger partial charge in [-0.3, -0.25) is 4.79 Å². The Balaban J connectivity index is 2.20. The first kappa shape index (κ1) is 17.2. The van der Waals surface area contributed by atoms with Crippen molar-refractivity contribution < 1.29 is 9.53 Å². The van der Waals surface area contributed by atoms with Gasteiger partial charge in [0.05, 0.1) is 11.4 Å². The third-order valence-electron chi connectivity index (χ3n) is 3.47. The first-order valence-electron chi connectivity index (χ1n) is 7.40. The van der Waals surface area contributed by atoms with Crippen molar-refractivity contribution in [2.45, 2.75) is 32.4 Å². The fraction of sp³-hybridized carbons (Fsp3) is 0.353. The average Bonchev–Trinajstić information content (AvgIpc) is 2.79. The van der Waals surface area contributed by atoms with Gasteiger partial charge >= 0.3 is 0 Å². The summed E-state index contributed by atoms with van der Waals surface area (Å²) in [5.41, 5.74) is 2.67. The number of carbonyl (C=O) groups is 1. The van der Waals surface area contributed by atoms with E-state index >= 15 is 0 Å². The molecule has 2 rings (SSSR count). The molecule has 0 aliphatic carbocycles. The Morgan fingerprint density at radius 2 is 1.91 bits per heavy atom. The van der Waals surface area contributed by atoms with E-state index in [0.29, 0.717) is 12.4 Å². The van der Waals surface area contributed by atoms with Gasteiger partial charge in [-0.2, -0.15) is 0 Å². The normalized spacial score (nSPS) is 11.6. The topological polar surface area (TPSA) is 31.2 Å². The lowest BCUT2D eigenvalue weighted by atomic mass is 10.1. The molecular weight excluding hydrogens is 358 g/mol. The van der Waals surface area contributed by atoms with Gasteiger partial charge in [0.1, 0.15) is 6.73 Å². The molecule has 0 unspecified atom stereocenters. The number of hydrogen-bond donors (Lipinski definition) is 0. The van der Waals surface area contributed by atoms with Crippen LogP contribution in [0.5, 0.6) is 0 Å². The molecular formula is C17H22BrNO2Si. The van der Waals surface area contributed by atoms with Crippen molar-refractivity contribution in [1.82, 2.24) is 4.57 Å². The number of ether oxygens (including phenoxy) is 1. The summed E-state index contributed by atoms with van der Waals surface area (Å²) in [5.74, 6) is 0. The number of rotatable bonds is 7. The van der Waals surface area contributed by atoms with Gasteiger partial charge in [0, 0.05) is 19.2 Å². The molecule has 0 saturated heterocycles. The molecule has 0 radical (unpaired) electrons. The summed E-state index contributed by atoms with van der Waals surface area (Å²) in [6.07, 6.45) is 0.874. The Kier molecular flexibility index (Phi) is 5.78. The molecule has 0 saturated carbocycles. The summed E-state index contributed by atoms with van der Waals surface area (Å²) in [7, 11) is -1.10. The largest absolute Gasteiger partial charge is 0.361 e. The van der Waals surface area contributed by atoms with Crippen LogP contribution in [0, 0.1) is 0 Å². The van der Waals surface area contributed by atoms with Crippen molar-refractivity contribution in [2.75, 3.05) is 6.61 Å². The Labute approximate surface area is 141 Å². The first-order chi connectivity index (χ1) is 10.4. The van der Waals surface area contributed by atoms with E-state index in [9.17, 15) is 4.79 Å². The molecule has 1 heterocycles. The van der Waals surface area contributed by atoms with Crippen LogP contribution in [0.4, 0.5) is 0 Å². The smallest absolute Gasteiger partial charge is 0.166 e. The summed E-state index contributed by atoms with van der Waals surface area (Å²) in [6, 6.07) is 13.0. The summed E-state index contributed by atoms with van der Waals surface area (Å²) < 4.78 is 8.67. The molecule has 2 aromatic rings. The number of carbonyl (C=O) groups excluding carboxylic acids is 1. The minimum atomic E-state index is -1.10. The average molecular weight is 380 g/mol. The van der Waals surface area contributed by atoms with Crippen LogP contribution in [-0.4, -0.2) is 25.5 Å². The minimum Gasteiger partial charge on any atom is -0.361 e. The third-order valence-corrected chi connectivity index (χ3v) is 5.78. The molecule has 0 atom stereocenters. The van der Waals surface area contributed by atoms with E-state index in [1.165, 1.54) is 0 Å². The Morgan fingerprint density at radius 1 is 1.23 bits per heavy atom. The molecule has 0 aliphatic rings. The fourth-order valence-electron chi connectivity index (χ4n) is 2.19. The van der Waals surface area contributed by atoms with Crippen LogP contribution in [-0.2, 0) is 11.5 Å². The fourth-order valence-corrected chi connectivity index (χ4v) is 3.63. The minimum absolute atomic E-state index is 0.397. The molecule has 0 fully saturated rings. The SMILES string of the molecule is C[Si](C)(C)CCOCn1c(C=O)cc(Br)c1-c1ccccc1. The van der Waals surface area contributed by atoms with Crippen LogP contribution < -0.4 is 0 Å². The van der Waals surface area contributed by atoms with E-state index in [1.54, 1.807) is 0 Å².